The maximum absolute atomic E-state index is 10.4. The molecule has 3 N–H and O–H groups in total. The van der Waals surface area contributed by atoms with Gasteiger partial charge in [-0.15, -0.1) is 5.10 Å². The van der Waals surface area contributed by atoms with Crippen molar-refractivity contribution in [2.45, 2.75) is 0 Å². The largest absolute Gasteiger partial charge is 0.440 e. The molecule has 9 nitrogen and oxygen atoms in total. The molecule has 2 rings (SSSR count). The number of anilines is 2. The second-order valence-electron chi connectivity index (χ2n) is 1.99. The lowest BCUT2D eigenvalue weighted by molar-refractivity contribution is 0.388. The van der Waals surface area contributed by atoms with Crippen LogP contribution in [0.5, 0.6) is 0 Å². The van der Waals surface area contributed by atoms with Gasteiger partial charge in [0.1, 0.15) is 0 Å². The molecule has 0 aliphatic rings. The summed E-state index contributed by atoms with van der Waals surface area (Å²) in [7, 11) is 0. The Morgan fingerprint density at radius 3 is 2.69 bits per heavy atom. The minimum atomic E-state index is -0.722. The second kappa shape index (κ2) is 2.62. The quantitative estimate of drug-likeness (QED) is 0.534. The topological polar surface area (TPSA) is 130 Å². The molecule has 2 aromatic rings. The Morgan fingerprint density at radius 2 is 2.15 bits per heavy atom. The molecule has 0 aliphatic carbocycles. The molecule has 0 fully saturated rings. The highest BCUT2D eigenvalue weighted by molar-refractivity contribution is 5.36. The zero-order valence-electron chi connectivity index (χ0n) is 6.03. The van der Waals surface area contributed by atoms with Crippen LogP contribution in [0, 0.1) is 0 Å². The number of nitrogens with zero attached hydrogens (tertiary/aromatic N) is 2. The lowest BCUT2D eigenvalue weighted by atomic mass is 10.9. The maximum atomic E-state index is 10.4. The van der Waals surface area contributed by atoms with Crippen LogP contribution in [0.4, 0.5) is 12.0 Å². The summed E-state index contributed by atoms with van der Waals surface area (Å²) in [6.07, 6.45) is 0. The van der Waals surface area contributed by atoms with E-state index in [2.05, 4.69) is 29.5 Å². The Bertz CT molecular complexity index is 456. The molecule has 0 amide bonds. The van der Waals surface area contributed by atoms with E-state index in [1.165, 1.54) is 0 Å². The first-order valence-electron chi connectivity index (χ1n) is 3.12. The Kier molecular flexibility index (Phi) is 1.48. The lowest BCUT2D eigenvalue weighted by Gasteiger charge is -1.89. The zero-order chi connectivity index (χ0) is 9.26. The molecule has 2 aromatic heterocycles. The van der Waals surface area contributed by atoms with Crippen LogP contribution in [0.25, 0.3) is 0 Å². The minimum absolute atomic E-state index is 0.000231. The predicted molar refractivity (Wildman–Crippen MR) is 37.5 cm³/mol. The van der Waals surface area contributed by atoms with E-state index in [-0.39, 0.29) is 12.0 Å². The standard InChI is InChI=1S/C4H3N5O4/c10-3-6-1(9-13-3)5-2-7-8-4(11)12-2/h(H,8,11)(H2,5,6,7,9,10). The Labute approximate surface area is 68.7 Å². The number of rotatable bonds is 2. The summed E-state index contributed by atoms with van der Waals surface area (Å²) in [4.78, 5) is 23.1. The molecule has 0 saturated carbocycles. The molecule has 68 valence electrons. The van der Waals surface area contributed by atoms with Crippen LogP contribution in [-0.2, 0) is 0 Å². The van der Waals surface area contributed by atoms with Crippen molar-refractivity contribution in [3.8, 4) is 0 Å². The normalized spacial score (nSPS) is 10.2. The zero-order valence-corrected chi connectivity index (χ0v) is 6.03. The summed E-state index contributed by atoms with van der Waals surface area (Å²) in [5.74, 6) is -1.44. The second-order valence-corrected chi connectivity index (χ2v) is 1.99. The summed E-state index contributed by atoms with van der Waals surface area (Å²) < 4.78 is 8.62. The van der Waals surface area contributed by atoms with E-state index in [0.29, 0.717) is 0 Å². The fourth-order valence-corrected chi connectivity index (χ4v) is 0.668. The number of hydrogen-bond donors (Lipinski definition) is 3. The molecule has 2 heterocycles. The first-order valence-corrected chi connectivity index (χ1v) is 3.12. The molecule has 0 radical (unpaired) electrons. The van der Waals surface area contributed by atoms with Crippen LogP contribution >= 0.6 is 0 Å². The molecule has 0 saturated heterocycles. The molecule has 13 heavy (non-hydrogen) atoms. The monoisotopic (exact) mass is 185 g/mol. The molecular formula is C4H3N5O4. The highest BCUT2D eigenvalue weighted by atomic mass is 16.5. The number of aromatic nitrogens is 4. The van der Waals surface area contributed by atoms with E-state index in [1.54, 1.807) is 0 Å². The van der Waals surface area contributed by atoms with Crippen molar-refractivity contribution in [1.29, 1.82) is 0 Å². The highest BCUT2D eigenvalue weighted by Crippen LogP contribution is 2.02. The van der Waals surface area contributed by atoms with Crippen LogP contribution < -0.4 is 16.8 Å². The number of nitrogens with one attached hydrogen (secondary N) is 3. The van der Waals surface area contributed by atoms with Gasteiger partial charge >= 0.3 is 17.5 Å². The predicted octanol–water partition coefficient (Wildman–Crippen LogP) is -1.22. The van der Waals surface area contributed by atoms with Gasteiger partial charge in [0.05, 0.1) is 0 Å². The van der Waals surface area contributed by atoms with Crippen molar-refractivity contribution < 1.29 is 8.94 Å². The SMILES string of the molecule is O=c1[nH]c(Nc2n[nH]c(=O)o2)no1. The van der Waals surface area contributed by atoms with Crippen molar-refractivity contribution >= 4 is 12.0 Å². The summed E-state index contributed by atoms with van der Waals surface area (Å²) in [5, 5.41) is 11.0. The third kappa shape index (κ3) is 1.47. The van der Waals surface area contributed by atoms with Crippen molar-refractivity contribution in [2.75, 3.05) is 5.32 Å². The molecule has 0 atom stereocenters. The van der Waals surface area contributed by atoms with Crippen molar-refractivity contribution in [3.63, 3.8) is 0 Å². The third-order valence-corrected chi connectivity index (χ3v) is 1.10. The molecule has 0 aromatic carbocycles. The van der Waals surface area contributed by atoms with E-state index in [1.807, 2.05) is 5.10 Å². The molecule has 0 spiro atoms. The fourth-order valence-electron chi connectivity index (χ4n) is 0.668. The van der Waals surface area contributed by atoms with Crippen LogP contribution in [-0.4, -0.2) is 20.3 Å². The Hall–Kier alpha value is -2.32. The van der Waals surface area contributed by atoms with Gasteiger partial charge in [-0.3, -0.25) is 14.8 Å². The van der Waals surface area contributed by atoms with E-state index < -0.39 is 11.5 Å². The van der Waals surface area contributed by atoms with Crippen LogP contribution in [0.15, 0.2) is 18.5 Å². The van der Waals surface area contributed by atoms with Gasteiger partial charge in [-0.2, -0.15) is 0 Å². The van der Waals surface area contributed by atoms with Crippen LogP contribution in [0.3, 0.4) is 0 Å². The van der Waals surface area contributed by atoms with E-state index in [9.17, 15) is 9.59 Å². The molecule has 0 bridgehead atoms. The summed E-state index contributed by atoms with van der Waals surface area (Å²) >= 11 is 0. The van der Waals surface area contributed by atoms with Gasteiger partial charge in [0.25, 0.3) is 5.95 Å². The number of H-pyrrole nitrogens is 2. The Balaban J connectivity index is 2.23. The first-order chi connectivity index (χ1) is 6.24. The summed E-state index contributed by atoms with van der Waals surface area (Å²) in [6, 6.07) is -0.116. The van der Waals surface area contributed by atoms with Gasteiger partial charge in [-0.1, -0.05) is 0 Å². The van der Waals surface area contributed by atoms with Gasteiger partial charge < -0.3 is 4.42 Å². The average molecular weight is 185 g/mol. The first kappa shape index (κ1) is 7.34. The van der Waals surface area contributed by atoms with Crippen LogP contribution in [0.2, 0.25) is 0 Å². The number of aromatic amines is 2. The van der Waals surface area contributed by atoms with E-state index >= 15 is 0 Å². The van der Waals surface area contributed by atoms with Crippen LogP contribution in [0.1, 0.15) is 0 Å². The van der Waals surface area contributed by atoms with Gasteiger partial charge in [0, 0.05) is 0 Å². The highest BCUT2D eigenvalue weighted by Gasteiger charge is 2.04. The Morgan fingerprint density at radius 1 is 1.31 bits per heavy atom. The van der Waals surface area contributed by atoms with E-state index in [0.717, 1.165) is 0 Å². The fraction of sp³-hybridized carbons (Fsp3) is 0. The van der Waals surface area contributed by atoms with Crippen molar-refractivity contribution in [2.24, 2.45) is 0 Å². The van der Waals surface area contributed by atoms with E-state index in [4.69, 9.17) is 0 Å². The van der Waals surface area contributed by atoms with Gasteiger partial charge in [0.2, 0.25) is 0 Å². The average Bonchev–Trinajstić information content (AvgIpc) is 2.62. The van der Waals surface area contributed by atoms with Gasteiger partial charge in [0.15, 0.2) is 0 Å². The van der Waals surface area contributed by atoms with Crippen molar-refractivity contribution in [3.05, 3.63) is 21.1 Å². The van der Waals surface area contributed by atoms with Gasteiger partial charge in [-0.25, -0.2) is 14.7 Å². The maximum Gasteiger partial charge on any atom is 0.440 e. The molecule has 0 unspecified atom stereocenters. The molecular weight excluding hydrogens is 182 g/mol. The summed E-state index contributed by atoms with van der Waals surface area (Å²) in [6.45, 7) is 0. The van der Waals surface area contributed by atoms with Crippen molar-refractivity contribution in [1.82, 2.24) is 20.3 Å². The number of hydrogen-bond acceptors (Lipinski definition) is 7. The minimum Gasteiger partial charge on any atom is -0.373 e. The lowest BCUT2D eigenvalue weighted by Crippen LogP contribution is -1.98. The van der Waals surface area contributed by atoms with Gasteiger partial charge in [-0.05, 0) is 5.16 Å². The molecule has 9 heteroatoms. The third-order valence-electron chi connectivity index (χ3n) is 1.10. The molecule has 0 aliphatic heterocycles. The smallest absolute Gasteiger partial charge is 0.373 e. The summed E-state index contributed by atoms with van der Waals surface area (Å²) in [5.41, 5.74) is 0.